The standard InChI is InChI=1S/C20H24N4O2S/c25-18(14-1-2-14)22-16-17-21-7-11-23(17)8-4-20(16)5-9-24(10-6-20)19(26)15-3-12-27-13-15/h3,7,11-14,16H,1-2,4-6,8-10H2,(H,22,25). The molecule has 2 aromatic heterocycles. The van der Waals surface area contributed by atoms with Crippen LogP contribution in [-0.4, -0.2) is 39.4 Å². The minimum absolute atomic E-state index is 0.00265. The molecule has 2 fully saturated rings. The maximum atomic E-state index is 12.7. The van der Waals surface area contributed by atoms with Crippen molar-refractivity contribution in [1.82, 2.24) is 19.8 Å². The van der Waals surface area contributed by atoms with E-state index in [1.165, 1.54) is 0 Å². The fraction of sp³-hybridized carbons (Fsp3) is 0.550. The zero-order valence-electron chi connectivity index (χ0n) is 15.3. The van der Waals surface area contributed by atoms with Gasteiger partial charge in [-0.3, -0.25) is 9.59 Å². The second-order valence-electron chi connectivity index (χ2n) is 8.11. The predicted molar refractivity (Wildman–Crippen MR) is 102 cm³/mol. The number of rotatable bonds is 3. The highest BCUT2D eigenvalue weighted by molar-refractivity contribution is 7.08. The minimum atomic E-state index is -0.0484. The van der Waals surface area contributed by atoms with Gasteiger partial charge in [0.05, 0.1) is 11.6 Å². The summed E-state index contributed by atoms with van der Waals surface area (Å²) < 4.78 is 2.17. The third-order valence-corrected chi connectivity index (χ3v) is 7.20. The molecule has 3 aliphatic rings. The first-order chi connectivity index (χ1) is 13.2. The molecule has 1 unspecified atom stereocenters. The molecule has 2 amide bonds. The first-order valence-corrected chi connectivity index (χ1v) is 10.7. The zero-order chi connectivity index (χ0) is 18.4. The van der Waals surface area contributed by atoms with Crippen LogP contribution >= 0.6 is 11.3 Å². The van der Waals surface area contributed by atoms with Gasteiger partial charge >= 0.3 is 0 Å². The number of nitrogens with one attached hydrogen (secondary N) is 1. The van der Waals surface area contributed by atoms with Gasteiger partial charge in [-0.05, 0) is 43.6 Å². The lowest BCUT2D eigenvalue weighted by molar-refractivity contribution is -0.125. The molecule has 1 atom stereocenters. The van der Waals surface area contributed by atoms with Crippen molar-refractivity contribution in [1.29, 1.82) is 0 Å². The molecule has 0 radical (unpaired) electrons. The van der Waals surface area contributed by atoms with Gasteiger partial charge in [-0.2, -0.15) is 11.3 Å². The molecular weight excluding hydrogens is 360 g/mol. The van der Waals surface area contributed by atoms with E-state index in [0.29, 0.717) is 0 Å². The molecule has 2 aliphatic heterocycles. The highest BCUT2D eigenvalue weighted by Gasteiger charge is 2.48. The number of imidazole rings is 1. The topological polar surface area (TPSA) is 67.2 Å². The van der Waals surface area contributed by atoms with Crippen LogP contribution in [0.5, 0.6) is 0 Å². The van der Waals surface area contributed by atoms with Crippen LogP contribution in [0.15, 0.2) is 29.2 Å². The number of aromatic nitrogens is 2. The largest absolute Gasteiger partial charge is 0.345 e. The molecule has 5 rings (SSSR count). The second-order valence-corrected chi connectivity index (χ2v) is 8.89. The molecule has 6 nitrogen and oxygen atoms in total. The molecule has 0 bridgehead atoms. The molecule has 1 saturated carbocycles. The number of fused-ring (bicyclic) bond motifs is 1. The minimum Gasteiger partial charge on any atom is -0.345 e. The van der Waals surface area contributed by atoms with Gasteiger partial charge in [0.1, 0.15) is 5.82 Å². The lowest BCUT2D eigenvalue weighted by atomic mass is 9.68. The number of carbonyl (C=O) groups is 2. The van der Waals surface area contributed by atoms with Gasteiger partial charge in [-0.1, -0.05) is 0 Å². The summed E-state index contributed by atoms with van der Waals surface area (Å²) in [6.45, 7) is 2.42. The number of carbonyl (C=O) groups excluding carboxylic acids is 2. The van der Waals surface area contributed by atoms with Crippen LogP contribution in [0.2, 0.25) is 0 Å². The van der Waals surface area contributed by atoms with Gasteiger partial charge in [0.25, 0.3) is 5.91 Å². The molecule has 142 valence electrons. The lowest BCUT2D eigenvalue weighted by Gasteiger charge is -2.49. The third kappa shape index (κ3) is 2.98. The molecule has 4 heterocycles. The van der Waals surface area contributed by atoms with E-state index in [2.05, 4.69) is 14.9 Å². The number of hydrogen-bond donors (Lipinski definition) is 1. The smallest absolute Gasteiger partial charge is 0.254 e. The van der Waals surface area contributed by atoms with E-state index in [1.54, 1.807) is 11.3 Å². The normalized spacial score (nSPS) is 23.9. The number of likely N-dealkylation sites (tertiary alicyclic amines) is 1. The average molecular weight is 385 g/mol. The summed E-state index contributed by atoms with van der Waals surface area (Å²) in [7, 11) is 0. The van der Waals surface area contributed by atoms with E-state index >= 15 is 0 Å². The second kappa shape index (κ2) is 6.48. The summed E-state index contributed by atoms with van der Waals surface area (Å²) >= 11 is 1.56. The Morgan fingerprint density at radius 3 is 2.67 bits per heavy atom. The number of thiophene rings is 1. The lowest BCUT2D eigenvalue weighted by Crippen LogP contribution is -2.52. The number of nitrogens with zero attached hydrogens (tertiary/aromatic N) is 3. The Kier molecular flexibility index (Phi) is 4.07. The summed E-state index contributed by atoms with van der Waals surface area (Å²) in [5.74, 6) is 1.47. The third-order valence-electron chi connectivity index (χ3n) is 6.52. The number of aryl methyl sites for hydroxylation is 1. The summed E-state index contributed by atoms with van der Waals surface area (Å²) in [5.41, 5.74) is 0.783. The van der Waals surface area contributed by atoms with E-state index in [0.717, 1.165) is 63.1 Å². The fourth-order valence-electron chi connectivity index (χ4n) is 4.62. The van der Waals surface area contributed by atoms with Crippen molar-refractivity contribution >= 4 is 23.2 Å². The van der Waals surface area contributed by atoms with Crippen molar-refractivity contribution in [2.24, 2.45) is 11.3 Å². The summed E-state index contributed by atoms with van der Waals surface area (Å²) in [6.07, 6.45) is 8.68. The van der Waals surface area contributed by atoms with Crippen molar-refractivity contribution in [3.05, 3.63) is 40.6 Å². The number of amides is 2. The monoisotopic (exact) mass is 384 g/mol. The Labute approximate surface area is 162 Å². The van der Waals surface area contributed by atoms with E-state index in [9.17, 15) is 9.59 Å². The Morgan fingerprint density at radius 2 is 1.96 bits per heavy atom. The van der Waals surface area contributed by atoms with Crippen molar-refractivity contribution in [3.8, 4) is 0 Å². The van der Waals surface area contributed by atoms with Crippen molar-refractivity contribution in [2.75, 3.05) is 13.1 Å². The zero-order valence-corrected chi connectivity index (χ0v) is 16.1. The van der Waals surface area contributed by atoms with Gasteiger partial charge in [-0.25, -0.2) is 4.98 Å². The summed E-state index contributed by atoms with van der Waals surface area (Å²) in [4.78, 5) is 31.8. The van der Waals surface area contributed by atoms with Crippen LogP contribution in [0.4, 0.5) is 0 Å². The first kappa shape index (κ1) is 17.0. The van der Waals surface area contributed by atoms with Crippen LogP contribution in [0, 0.1) is 11.3 Å². The fourth-order valence-corrected chi connectivity index (χ4v) is 5.25. The predicted octanol–water partition coefficient (Wildman–Crippen LogP) is 2.84. The van der Waals surface area contributed by atoms with Crippen molar-refractivity contribution < 1.29 is 9.59 Å². The summed E-state index contributed by atoms with van der Waals surface area (Å²) in [5, 5.41) is 7.20. The van der Waals surface area contributed by atoms with E-state index in [4.69, 9.17) is 0 Å². The van der Waals surface area contributed by atoms with Gasteiger partial charge in [0.15, 0.2) is 0 Å². The molecule has 1 N–H and O–H groups in total. The molecule has 27 heavy (non-hydrogen) atoms. The molecule has 1 saturated heterocycles. The van der Waals surface area contributed by atoms with Crippen LogP contribution in [0.1, 0.15) is 54.3 Å². The average Bonchev–Trinajstić information content (AvgIpc) is 3.19. The highest BCUT2D eigenvalue weighted by atomic mass is 32.1. The SMILES string of the molecule is O=C(NC1c2nccn2CCC12CCN(C(=O)c1ccsc1)CC2)C1CC1. The molecule has 1 spiro atoms. The van der Waals surface area contributed by atoms with E-state index < -0.39 is 0 Å². The Balaban J connectivity index is 1.36. The quantitative estimate of drug-likeness (QED) is 0.885. The molecule has 1 aliphatic carbocycles. The van der Waals surface area contributed by atoms with Crippen LogP contribution in [0.25, 0.3) is 0 Å². The Morgan fingerprint density at radius 1 is 1.19 bits per heavy atom. The van der Waals surface area contributed by atoms with Gasteiger partial charge in [0, 0.05) is 48.7 Å². The van der Waals surface area contributed by atoms with Gasteiger partial charge < -0.3 is 14.8 Å². The maximum Gasteiger partial charge on any atom is 0.254 e. The Hall–Kier alpha value is -2.15. The van der Waals surface area contributed by atoms with Crippen LogP contribution in [-0.2, 0) is 11.3 Å². The van der Waals surface area contributed by atoms with E-state index in [1.807, 2.05) is 34.1 Å². The maximum absolute atomic E-state index is 12.7. The van der Waals surface area contributed by atoms with Crippen LogP contribution < -0.4 is 5.32 Å². The highest BCUT2D eigenvalue weighted by Crippen LogP contribution is 2.49. The number of piperidine rings is 1. The van der Waals surface area contributed by atoms with Crippen LogP contribution in [0.3, 0.4) is 0 Å². The van der Waals surface area contributed by atoms with Crippen molar-refractivity contribution in [3.63, 3.8) is 0 Å². The van der Waals surface area contributed by atoms with E-state index in [-0.39, 0.29) is 29.2 Å². The van der Waals surface area contributed by atoms with Crippen molar-refractivity contribution in [2.45, 2.75) is 44.7 Å². The molecular formula is C20H24N4O2S. The first-order valence-electron chi connectivity index (χ1n) is 9.79. The molecule has 7 heteroatoms. The molecule has 2 aromatic rings. The summed E-state index contributed by atoms with van der Waals surface area (Å²) in [6, 6.07) is 1.85. The number of hydrogen-bond acceptors (Lipinski definition) is 4. The Bertz CT molecular complexity index is 847. The van der Waals surface area contributed by atoms with Gasteiger partial charge in [0.2, 0.25) is 5.91 Å². The van der Waals surface area contributed by atoms with Gasteiger partial charge in [-0.15, -0.1) is 0 Å². The molecule has 0 aromatic carbocycles.